The Kier molecular flexibility index (Phi) is 9.94. The van der Waals surface area contributed by atoms with Gasteiger partial charge in [-0.1, -0.05) is 24.3 Å². The van der Waals surface area contributed by atoms with Gasteiger partial charge in [0.2, 0.25) is 0 Å². The van der Waals surface area contributed by atoms with Gasteiger partial charge in [0.1, 0.15) is 11.5 Å². The summed E-state index contributed by atoms with van der Waals surface area (Å²) < 4.78 is 37.0. The molecule has 0 aliphatic carbocycles. The number of para-hydroxylation sites is 3. The van der Waals surface area contributed by atoms with E-state index in [4.69, 9.17) is 14.0 Å². The van der Waals surface area contributed by atoms with E-state index in [-0.39, 0.29) is 5.91 Å². The van der Waals surface area contributed by atoms with E-state index in [1.54, 1.807) is 19.2 Å². The molecule has 0 radical (unpaired) electrons. The fourth-order valence-corrected chi connectivity index (χ4v) is 4.29. The summed E-state index contributed by atoms with van der Waals surface area (Å²) in [6.45, 7) is 5.89. The number of methoxy groups -OCH3 is 1. The lowest BCUT2D eigenvalue weighted by Crippen LogP contribution is -2.47. The second kappa shape index (κ2) is 12.9. The molecule has 1 unspecified atom stereocenters. The molecule has 0 aromatic heterocycles. The monoisotopic (exact) mass is 521 g/mol. The van der Waals surface area contributed by atoms with Gasteiger partial charge in [-0.15, -0.1) is 0 Å². The number of nitrogens with zero attached hydrogens (tertiary/aromatic N) is 2. The van der Waals surface area contributed by atoms with E-state index < -0.39 is 16.2 Å². The van der Waals surface area contributed by atoms with E-state index in [0.717, 1.165) is 50.6 Å². The standard InChI is InChI=1S/C24H31N3O4.CH4O3S/c1-30-22-9-3-2-8-20(22)27-15-13-26(14-16-27)12-5-11-25-24(29)19-7-4-6-18-21(28)10-17-31-23(18)19;1-5(2,3)4/h2-4,6-9,21,28H,5,10-17H2,1H3,(H,25,29);1H3,(H,2,3,4). The van der Waals surface area contributed by atoms with Crippen LogP contribution in [0.1, 0.15) is 34.9 Å². The second-order valence-electron chi connectivity index (χ2n) is 8.72. The fourth-order valence-electron chi connectivity index (χ4n) is 4.29. The number of fused-ring (bicyclic) bond motifs is 1. The number of ether oxygens (including phenoxy) is 2. The average molecular weight is 522 g/mol. The van der Waals surface area contributed by atoms with E-state index in [1.807, 2.05) is 24.3 Å². The lowest BCUT2D eigenvalue weighted by atomic mass is 9.99. The molecule has 2 aliphatic heterocycles. The van der Waals surface area contributed by atoms with E-state index in [1.165, 1.54) is 0 Å². The van der Waals surface area contributed by atoms with Gasteiger partial charge in [0, 0.05) is 44.7 Å². The molecule has 11 heteroatoms. The van der Waals surface area contributed by atoms with Crippen LogP contribution in [0, 0.1) is 0 Å². The van der Waals surface area contributed by atoms with Crippen molar-refractivity contribution in [3.05, 3.63) is 53.6 Å². The number of rotatable bonds is 7. The third-order valence-electron chi connectivity index (χ3n) is 6.02. The van der Waals surface area contributed by atoms with Crippen molar-refractivity contribution >= 4 is 21.7 Å². The molecule has 36 heavy (non-hydrogen) atoms. The molecule has 1 saturated heterocycles. The van der Waals surface area contributed by atoms with Crippen molar-refractivity contribution in [1.29, 1.82) is 0 Å². The molecule has 3 N–H and O–H groups in total. The number of carbonyl (C=O) groups excluding carboxylic acids is 1. The Morgan fingerprint density at radius 1 is 1.14 bits per heavy atom. The zero-order valence-corrected chi connectivity index (χ0v) is 21.5. The summed E-state index contributed by atoms with van der Waals surface area (Å²) >= 11 is 0. The Labute approximate surface area is 212 Å². The van der Waals surface area contributed by atoms with Gasteiger partial charge in [-0.25, -0.2) is 0 Å². The molecular formula is C25H35N3O7S. The van der Waals surface area contributed by atoms with Crippen molar-refractivity contribution in [2.45, 2.75) is 18.9 Å². The van der Waals surface area contributed by atoms with Crippen molar-refractivity contribution in [1.82, 2.24) is 10.2 Å². The summed E-state index contributed by atoms with van der Waals surface area (Å²) in [6, 6.07) is 13.5. The van der Waals surface area contributed by atoms with Crippen molar-refractivity contribution in [3.8, 4) is 11.5 Å². The molecule has 2 heterocycles. The Morgan fingerprint density at radius 3 is 2.53 bits per heavy atom. The SMILES string of the molecule is COc1ccccc1N1CCN(CCCNC(=O)c2cccc3c2OCCC3O)CC1.CS(=O)(=O)O. The summed E-state index contributed by atoms with van der Waals surface area (Å²) in [6.07, 6.45) is 1.60. The number of anilines is 1. The summed E-state index contributed by atoms with van der Waals surface area (Å²) in [5.41, 5.74) is 2.35. The van der Waals surface area contributed by atoms with Crippen molar-refractivity contribution < 1.29 is 32.3 Å². The van der Waals surface area contributed by atoms with Crippen LogP contribution in [0.5, 0.6) is 11.5 Å². The van der Waals surface area contributed by atoms with Crippen molar-refractivity contribution in [3.63, 3.8) is 0 Å². The van der Waals surface area contributed by atoms with E-state index in [0.29, 0.717) is 42.7 Å². The number of carbonyl (C=O) groups is 1. The molecule has 0 spiro atoms. The quantitative estimate of drug-likeness (QED) is 0.370. The highest BCUT2D eigenvalue weighted by molar-refractivity contribution is 7.85. The molecule has 2 aromatic carbocycles. The minimum Gasteiger partial charge on any atom is -0.495 e. The van der Waals surface area contributed by atoms with Gasteiger partial charge in [-0.05, 0) is 31.2 Å². The molecule has 198 valence electrons. The van der Waals surface area contributed by atoms with Gasteiger partial charge in [0.25, 0.3) is 16.0 Å². The molecule has 2 aliphatic rings. The highest BCUT2D eigenvalue weighted by atomic mass is 32.2. The van der Waals surface area contributed by atoms with Gasteiger partial charge in [0.05, 0.1) is 37.3 Å². The van der Waals surface area contributed by atoms with Crippen LogP contribution in [0.4, 0.5) is 5.69 Å². The lowest BCUT2D eigenvalue weighted by molar-refractivity contribution is 0.0931. The Hall–Kier alpha value is -2.86. The molecule has 1 atom stereocenters. The largest absolute Gasteiger partial charge is 0.495 e. The van der Waals surface area contributed by atoms with Gasteiger partial charge < -0.3 is 24.8 Å². The molecule has 1 amide bonds. The highest BCUT2D eigenvalue weighted by Crippen LogP contribution is 2.34. The Morgan fingerprint density at radius 2 is 1.83 bits per heavy atom. The summed E-state index contributed by atoms with van der Waals surface area (Å²) in [5.74, 6) is 1.29. The van der Waals surface area contributed by atoms with Crippen molar-refractivity contribution in [2.75, 3.05) is 64.1 Å². The Balaban J connectivity index is 0.000000658. The number of hydrogen-bond acceptors (Lipinski definition) is 8. The summed E-state index contributed by atoms with van der Waals surface area (Å²) in [4.78, 5) is 17.4. The smallest absolute Gasteiger partial charge is 0.261 e. The minimum absolute atomic E-state index is 0.146. The minimum atomic E-state index is -3.67. The van der Waals surface area contributed by atoms with Crippen LogP contribution in [0.2, 0.25) is 0 Å². The lowest BCUT2D eigenvalue weighted by Gasteiger charge is -2.36. The van der Waals surface area contributed by atoms with Crippen molar-refractivity contribution in [2.24, 2.45) is 0 Å². The maximum absolute atomic E-state index is 12.6. The fraction of sp³-hybridized carbons (Fsp3) is 0.480. The van der Waals surface area contributed by atoms with Gasteiger partial charge in [0.15, 0.2) is 0 Å². The Bertz CT molecular complexity index is 1110. The maximum atomic E-state index is 12.6. The zero-order chi connectivity index (χ0) is 26.1. The van der Waals surface area contributed by atoms with E-state index in [2.05, 4.69) is 21.2 Å². The predicted molar refractivity (Wildman–Crippen MR) is 138 cm³/mol. The molecule has 0 saturated carbocycles. The van der Waals surface area contributed by atoms with Gasteiger partial charge in [-0.3, -0.25) is 14.2 Å². The molecule has 10 nitrogen and oxygen atoms in total. The summed E-state index contributed by atoms with van der Waals surface area (Å²) in [7, 11) is -1.96. The topological polar surface area (TPSA) is 129 Å². The number of hydrogen-bond donors (Lipinski definition) is 3. The first-order chi connectivity index (χ1) is 17.2. The normalized spacial score (nSPS) is 17.8. The molecule has 1 fully saturated rings. The number of piperazine rings is 1. The predicted octanol–water partition coefficient (Wildman–Crippen LogP) is 1.96. The molecular weight excluding hydrogens is 486 g/mol. The highest BCUT2D eigenvalue weighted by Gasteiger charge is 2.24. The van der Waals surface area contributed by atoms with Crippen LogP contribution in [0.3, 0.4) is 0 Å². The van der Waals surface area contributed by atoms with E-state index >= 15 is 0 Å². The first-order valence-corrected chi connectivity index (χ1v) is 13.8. The molecule has 2 aromatic rings. The number of aliphatic hydroxyl groups is 1. The van der Waals surface area contributed by atoms with Gasteiger partial charge in [-0.2, -0.15) is 8.42 Å². The average Bonchev–Trinajstić information content (AvgIpc) is 2.86. The number of amides is 1. The molecule has 4 rings (SSSR count). The second-order valence-corrected chi connectivity index (χ2v) is 10.2. The third kappa shape index (κ3) is 8.09. The van der Waals surface area contributed by atoms with Gasteiger partial charge >= 0.3 is 0 Å². The number of benzene rings is 2. The third-order valence-corrected chi connectivity index (χ3v) is 6.02. The first-order valence-electron chi connectivity index (χ1n) is 11.9. The maximum Gasteiger partial charge on any atom is 0.261 e. The van der Waals surface area contributed by atoms with Crippen LogP contribution in [0.25, 0.3) is 0 Å². The molecule has 0 bridgehead atoms. The van der Waals surface area contributed by atoms with Crippen LogP contribution in [0.15, 0.2) is 42.5 Å². The summed E-state index contributed by atoms with van der Waals surface area (Å²) in [5, 5.41) is 13.1. The number of aliphatic hydroxyl groups excluding tert-OH is 1. The van der Waals surface area contributed by atoms with E-state index in [9.17, 15) is 18.3 Å². The van der Waals surface area contributed by atoms with Crippen LogP contribution in [-0.4, -0.2) is 88.1 Å². The van der Waals surface area contributed by atoms with Crippen LogP contribution in [-0.2, 0) is 10.1 Å². The van der Waals surface area contributed by atoms with Crippen LogP contribution >= 0.6 is 0 Å². The first kappa shape index (κ1) is 27.7. The zero-order valence-electron chi connectivity index (χ0n) is 20.7. The van der Waals surface area contributed by atoms with Crippen LogP contribution < -0.4 is 19.7 Å². The number of nitrogens with one attached hydrogen (secondary N) is 1.